The highest BCUT2D eigenvalue weighted by molar-refractivity contribution is 5.95. The summed E-state index contributed by atoms with van der Waals surface area (Å²) in [6.07, 6.45) is 3.36. The van der Waals surface area contributed by atoms with Gasteiger partial charge in [-0.05, 0) is 30.7 Å². The van der Waals surface area contributed by atoms with E-state index >= 15 is 0 Å². The maximum Gasteiger partial charge on any atom is 0.251 e. The molecule has 0 aliphatic heterocycles. The zero-order valence-electron chi connectivity index (χ0n) is 16.2. The maximum atomic E-state index is 12.6. The molecule has 2 amide bonds. The van der Waals surface area contributed by atoms with Crippen LogP contribution in [0.3, 0.4) is 0 Å². The molecule has 0 saturated heterocycles. The Morgan fingerprint density at radius 2 is 1.71 bits per heavy atom. The average Bonchev–Trinajstić information content (AvgIpc) is 2.72. The predicted octanol–water partition coefficient (Wildman–Crippen LogP) is 3.79. The number of anilines is 1. The molecule has 1 unspecified atom stereocenters. The second-order valence-electron chi connectivity index (χ2n) is 6.42. The van der Waals surface area contributed by atoms with Gasteiger partial charge in [-0.25, -0.2) is 0 Å². The summed E-state index contributed by atoms with van der Waals surface area (Å²) in [6.45, 7) is 10.3. The number of rotatable bonds is 10. The van der Waals surface area contributed by atoms with E-state index < -0.39 is 0 Å². The molecular formula is C23H27N3O2. The van der Waals surface area contributed by atoms with Crippen LogP contribution in [0.4, 0.5) is 5.69 Å². The van der Waals surface area contributed by atoms with Gasteiger partial charge >= 0.3 is 0 Å². The summed E-state index contributed by atoms with van der Waals surface area (Å²) in [5, 5.41) is 6.07. The van der Waals surface area contributed by atoms with Gasteiger partial charge in [-0.1, -0.05) is 48.6 Å². The van der Waals surface area contributed by atoms with Gasteiger partial charge in [0.25, 0.3) is 5.91 Å². The van der Waals surface area contributed by atoms with E-state index in [0.717, 1.165) is 5.56 Å². The molecule has 2 rings (SSSR count). The second-order valence-corrected chi connectivity index (χ2v) is 6.42. The van der Waals surface area contributed by atoms with Crippen LogP contribution in [0.15, 0.2) is 79.9 Å². The fourth-order valence-corrected chi connectivity index (χ4v) is 2.75. The van der Waals surface area contributed by atoms with Crippen molar-refractivity contribution in [1.29, 1.82) is 0 Å². The Bertz CT molecular complexity index is 808. The van der Waals surface area contributed by atoms with Gasteiger partial charge in [0.05, 0.1) is 12.6 Å². The molecule has 2 N–H and O–H groups in total. The number of carbonyl (C=O) groups excluding carboxylic acids is 2. The second kappa shape index (κ2) is 10.7. The molecule has 146 valence electrons. The SMILES string of the molecule is C=CCN(CC=C)C(=O)CNc1cccc(C(=O)NC(C)c2ccccc2)c1. The van der Waals surface area contributed by atoms with Gasteiger partial charge in [-0.2, -0.15) is 0 Å². The van der Waals surface area contributed by atoms with E-state index in [2.05, 4.69) is 23.8 Å². The van der Waals surface area contributed by atoms with Crippen molar-refractivity contribution in [3.63, 3.8) is 0 Å². The fraction of sp³-hybridized carbons (Fsp3) is 0.217. The summed E-state index contributed by atoms with van der Waals surface area (Å²) >= 11 is 0. The molecule has 0 saturated carbocycles. The smallest absolute Gasteiger partial charge is 0.251 e. The van der Waals surface area contributed by atoms with Crippen molar-refractivity contribution in [3.05, 3.63) is 91.0 Å². The van der Waals surface area contributed by atoms with Gasteiger partial charge in [0, 0.05) is 24.3 Å². The van der Waals surface area contributed by atoms with Crippen LogP contribution in [-0.4, -0.2) is 36.3 Å². The molecule has 0 aliphatic rings. The molecule has 0 aromatic heterocycles. The maximum absolute atomic E-state index is 12.6. The van der Waals surface area contributed by atoms with Crippen molar-refractivity contribution in [2.45, 2.75) is 13.0 Å². The van der Waals surface area contributed by atoms with E-state index in [1.165, 1.54) is 0 Å². The predicted molar refractivity (Wildman–Crippen MR) is 114 cm³/mol. The van der Waals surface area contributed by atoms with Crippen LogP contribution in [0.5, 0.6) is 0 Å². The monoisotopic (exact) mass is 377 g/mol. The lowest BCUT2D eigenvalue weighted by Crippen LogP contribution is -2.35. The lowest BCUT2D eigenvalue weighted by atomic mass is 10.1. The summed E-state index contributed by atoms with van der Waals surface area (Å²) < 4.78 is 0. The Kier molecular flexibility index (Phi) is 8.03. The largest absolute Gasteiger partial charge is 0.376 e. The van der Waals surface area contributed by atoms with Gasteiger partial charge in [-0.3, -0.25) is 9.59 Å². The third kappa shape index (κ3) is 6.13. The quantitative estimate of drug-likeness (QED) is 0.619. The third-order valence-corrected chi connectivity index (χ3v) is 4.27. The number of hydrogen-bond acceptors (Lipinski definition) is 3. The van der Waals surface area contributed by atoms with Crippen molar-refractivity contribution >= 4 is 17.5 Å². The van der Waals surface area contributed by atoms with Crippen molar-refractivity contribution in [3.8, 4) is 0 Å². The highest BCUT2D eigenvalue weighted by atomic mass is 16.2. The Labute approximate surface area is 166 Å². The molecule has 5 heteroatoms. The van der Waals surface area contributed by atoms with Crippen LogP contribution in [0, 0.1) is 0 Å². The summed E-state index contributed by atoms with van der Waals surface area (Å²) in [5.74, 6) is -0.223. The Morgan fingerprint density at radius 1 is 1.04 bits per heavy atom. The minimum atomic E-state index is -0.161. The van der Waals surface area contributed by atoms with Crippen LogP contribution in [0.1, 0.15) is 28.9 Å². The van der Waals surface area contributed by atoms with Crippen molar-refractivity contribution in [2.75, 3.05) is 25.0 Å². The van der Waals surface area contributed by atoms with E-state index in [9.17, 15) is 9.59 Å². The van der Waals surface area contributed by atoms with Gasteiger partial charge < -0.3 is 15.5 Å². The molecule has 2 aromatic carbocycles. The van der Waals surface area contributed by atoms with Crippen molar-refractivity contribution < 1.29 is 9.59 Å². The van der Waals surface area contributed by atoms with E-state index in [4.69, 9.17) is 0 Å². The molecule has 0 bridgehead atoms. The molecule has 0 spiro atoms. The summed E-state index contributed by atoms with van der Waals surface area (Å²) in [7, 11) is 0. The lowest BCUT2D eigenvalue weighted by Gasteiger charge is -2.20. The van der Waals surface area contributed by atoms with Gasteiger partial charge in [0.1, 0.15) is 0 Å². The number of nitrogens with one attached hydrogen (secondary N) is 2. The Morgan fingerprint density at radius 3 is 2.36 bits per heavy atom. The minimum absolute atomic E-state index is 0.0626. The molecule has 0 aliphatic carbocycles. The number of carbonyl (C=O) groups is 2. The number of benzene rings is 2. The average molecular weight is 377 g/mol. The van der Waals surface area contributed by atoms with E-state index in [0.29, 0.717) is 24.3 Å². The minimum Gasteiger partial charge on any atom is -0.376 e. The van der Waals surface area contributed by atoms with Crippen molar-refractivity contribution in [2.24, 2.45) is 0 Å². The number of amides is 2. The van der Waals surface area contributed by atoms with Crippen LogP contribution < -0.4 is 10.6 Å². The molecule has 0 radical (unpaired) electrons. The summed E-state index contributed by atoms with van der Waals surface area (Å²) in [5.41, 5.74) is 2.29. The normalized spacial score (nSPS) is 11.2. The molecule has 2 aromatic rings. The highest BCUT2D eigenvalue weighted by Gasteiger charge is 2.13. The van der Waals surface area contributed by atoms with Crippen LogP contribution in [-0.2, 0) is 4.79 Å². The highest BCUT2D eigenvalue weighted by Crippen LogP contribution is 2.15. The van der Waals surface area contributed by atoms with Crippen LogP contribution >= 0.6 is 0 Å². The Balaban J connectivity index is 1.97. The van der Waals surface area contributed by atoms with E-state index in [1.807, 2.05) is 43.3 Å². The summed E-state index contributed by atoms with van der Waals surface area (Å²) in [4.78, 5) is 26.5. The molecule has 1 atom stereocenters. The van der Waals surface area contributed by atoms with Crippen LogP contribution in [0.25, 0.3) is 0 Å². The van der Waals surface area contributed by atoms with Gasteiger partial charge in [0.15, 0.2) is 0 Å². The zero-order chi connectivity index (χ0) is 20.4. The third-order valence-electron chi connectivity index (χ3n) is 4.27. The molecule has 28 heavy (non-hydrogen) atoms. The molecule has 0 heterocycles. The summed E-state index contributed by atoms with van der Waals surface area (Å²) in [6, 6.07) is 16.8. The van der Waals surface area contributed by atoms with Gasteiger partial charge in [-0.15, -0.1) is 13.2 Å². The number of nitrogens with zero attached hydrogens (tertiary/aromatic N) is 1. The molecule has 5 nitrogen and oxygen atoms in total. The topological polar surface area (TPSA) is 61.4 Å². The first-order valence-corrected chi connectivity index (χ1v) is 9.24. The van der Waals surface area contributed by atoms with Crippen molar-refractivity contribution in [1.82, 2.24) is 10.2 Å². The van der Waals surface area contributed by atoms with E-state index in [-0.39, 0.29) is 24.4 Å². The molecule has 0 fully saturated rings. The Hall–Kier alpha value is -3.34. The lowest BCUT2D eigenvalue weighted by molar-refractivity contribution is -0.128. The van der Waals surface area contributed by atoms with Gasteiger partial charge in [0.2, 0.25) is 5.91 Å². The first kappa shape index (κ1) is 21.0. The molecular weight excluding hydrogens is 350 g/mol. The fourth-order valence-electron chi connectivity index (χ4n) is 2.75. The standard InChI is InChI=1S/C23H27N3O2/c1-4-14-26(15-5-2)22(27)17-24-21-13-9-12-20(16-21)23(28)25-18(3)19-10-7-6-8-11-19/h4-13,16,18,24H,1-2,14-15,17H2,3H3,(H,25,28). The van der Waals surface area contributed by atoms with E-state index in [1.54, 1.807) is 35.3 Å². The number of hydrogen-bond donors (Lipinski definition) is 2. The zero-order valence-corrected chi connectivity index (χ0v) is 16.2. The van der Waals surface area contributed by atoms with Crippen LogP contribution in [0.2, 0.25) is 0 Å². The first-order valence-electron chi connectivity index (χ1n) is 9.24. The first-order chi connectivity index (χ1) is 13.5.